The maximum absolute atomic E-state index is 12.4. The molecule has 8 heteroatoms. The van der Waals surface area contributed by atoms with E-state index in [1.165, 1.54) is 35.5 Å². The summed E-state index contributed by atoms with van der Waals surface area (Å²) >= 11 is 0. The SMILES string of the molecule is COc1cc(OC)cc(C2=N/C(=C/c3ccc(OC)c(OC)c3OC)C(=O)O2)c1. The van der Waals surface area contributed by atoms with Crippen LogP contribution in [-0.2, 0) is 9.53 Å². The average molecular weight is 399 g/mol. The van der Waals surface area contributed by atoms with Gasteiger partial charge in [0.2, 0.25) is 11.6 Å². The van der Waals surface area contributed by atoms with Crippen molar-refractivity contribution in [2.24, 2.45) is 4.99 Å². The molecule has 29 heavy (non-hydrogen) atoms. The van der Waals surface area contributed by atoms with Crippen molar-refractivity contribution in [2.75, 3.05) is 35.5 Å². The Morgan fingerprint density at radius 2 is 1.48 bits per heavy atom. The van der Waals surface area contributed by atoms with Crippen LogP contribution in [0.3, 0.4) is 0 Å². The first kappa shape index (κ1) is 20.1. The van der Waals surface area contributed by atoms with Gasteiger partial charge in [-0.25, -0.2) is 9.79 Å². The summed E-state index contributed by atoms with van der Waals surface area (Å²) in [5.74, 6) is 2.01. The second kappa shape index (κ2) is 8.55. The molecule has 0 atom stereocenters. The number of ether oxygens (including phenoxy) is 6. The standard InChI is InChI=1S/C21H21NO7/c1-24-14-8-13(9-15(11-14)25-2)20-22-16(21(23)29-20)10-12-6-7-17(26-3)19(28-5)18(12)27-4/h6-11H,1-5H3/b16-10+. The van der Waals surface area contributed by atoms with Crippen LogP contribution in [0.2, 0.25) is 0 Å². The molecule has 1 aliphatic rings. The largest absolute Gasteiger partial charge is 0.497 e. The minimum atomic E-state index is -0.585. The molecule has 0 amide bonds. The quantitative estimate of drug-likeness (QED) is 0.522. The van der Waals surface area contributed by atoms with Crippen LogP contribution in [0.4, 0.5) is 0 Å². The lowest BCUT2D eigenvalue weighted by atomic mass is 10.1. The molecule has 0 bridgehead atoms. The van der Waals surface area contributed by atoms with Gasteiger partial charge in [0.05, 0.1) is 35.5 Å². The number of cyclic esters (lactones) is 1. The fourth-order valence-corrected chi connectivity index (χ4v) is 2.85. The number of hydrogen-bond donors (Lipinski definition) is 0. The minimum Gasteiger partial charge on any atom is -0.497 e. The Balaban J connectivity index is 2.04. The van der Waals surface area contributed by atoms with Gasteiger partial charge in [-0.05, 0) is 30.3 Å². The number of aliphatic imine (C=N–C) groups is 1. The van der Waals surface area contributed by atoms with Crippen LogP contribution in [0.5, 0.6) is 28.7 Å². The molecular weight excluding hydrogens is 378 g/mol. The first-order valence-electron chi connectivity index (χ1n) is 8.59. The monoisotopic (exact) mass is 399 g/mol. The summed E-state index contributed by atoms with van der Waals surface area (Å²) in [4.78, 5) is 16.7. The van der Waals surface area contributed by atoms with Crippen molar-refractivity contribution in [1.29, 1.82) is 0 Å². The predicted octanol–water partition coefficient (Wildman–Crippen LogP) is 3.07. The van der Waals surface area contributed by atoms with Gasteiger partial charge in [0.1, 0.15) is 11.5 Å². The normalized spacial score (nSPS) is 14.3. The first-order chi connectivity index (χ1) is 14.0. The zero-order valence-corrected chi connectivity index (χ0v) is 16.8. The second-order valence-electron chi connectivity index (χ2n) is 5.86. The average Bonchev–Trinajstić information content (AvgIpc) is 3.12. The van der Waals surface area contributed by atoms with Crippen LogP contribution in [0.1, 0.15) is 11.1 Å². The maximum Gasteiger partial charge on any atom is 0.363 e. The molecule has 0 spiro atoms. The molecular formula is C21H21NO7. The highest BCUT2D eigenvalue weighted by molar-refractivity contribution is 6.13. The molecule has 3 rings (SSSR count). The summed E-state index contributed by atoms with van der Waals surface area (Å²) in [5.41, 5.74) is 1.26. The highest BCUT2D eigenvalue weighted by Crippen LogP contribution is 2.41. The molecule has 0 aliphatic carbocycles. The van der Waals surface area contributed by atoms with Crippen LogP contribution >= 0.6 is 0 Å². The zero-order chi connectivity index (χ0) is 21.0. The number of esters is 1. The van der Waals surface area contributed by atoms with E-state index in [0.717, 1.165) is 0 Å². The first-order valence-corrected chi connectivity index (χ1v) is 8.59. The predicted molar refractivity (Wildman–Crippen MR) is 106 cm³/mol. The summed E-state index contributed by atoms with van der Waals surface area (Å²) in [6, 6.07) is 8.57. The Hall–Kier alpha value is -3.68. The third-order valence-corrected chi connectivity index (χ3v) is 4.25. The van der Waals surface area contributed by atoms with E-state index in [-0.39, 0.29) is 11.6 Å². The summed E-state index contributed by atoms with van der Waals surface area (Å²) in [5, 5.41) is 0. The number of carbonyl (C=O) groups is 1. The fraction of sp³-hybridized carbons (Fsp3) is 0.238. The van der Waals surface area contributed by atoms with Crippen molar-refractivity contribution in [3.05, 3.63) is 47.2 Å². The van der Waals surface area contributed by atoms with E-state index in [9.17, 15) is 4.79 Å². The van der Waals surface area contributed by atoms with E-state index >= 15 is 0 Å². The van der Waals surface area contributed by atoms with E-state index in [1.54, 1.807) is 36.4 Å². The van der Waals surface area contributed by atoms with Crippen LogP contribution < -0.4 is 23.7 Å². The number of hydrogen-bond acceptors (Lipinski definition) is 8. The highest BCUT2D eigenvalue weighted by Gasteiger charge is 2.26. The molecule has 0 saturated heterocycles. The van der Waals surface area contributed by atoms with Gasteiger partial charge >= 0.3 is 5.97 Å². The van der Waals surface area contributed by atoms with Gasteiger partial charge in [-0.3, -0.25) is 0 Å². The lowest BCUT2D eigenvalue weighted by molar-refractivity contribution is -0.129. The lowest BCUT2D eigenvalue weighted by Gasteiger charge is -2.14. The van der Waals surface area contributed by atoms with Crippen molar-refractivity contribution in [3.8, 4) is 28.7 Å². The van der Waals surface area contributed by atoms with Gasteiger partial charge in [0.25, 0.3) is 0 Å². The molecule has 1 aliphatic heterocycles. The van der Waals surface area contributed by atoms with Crippen molar-refractivity contribution in [3.63, 3.8) is 0 Å². The van der Waals surface area contributed by atoms with Gasteiger partial charge in [0.15, 0.2) is 17.2 Å². The molecule has 0 unspecified atom stereocenters. The molecule has 0 saturated carbocycles. The van der Waals surface area contributed by atoms with E-state index in [1.807, 2.05) is 0 Å². The topological polar surface area (TPSA) is 84.8 Å². The van der Waals surface area contributed by atoms with Crippen LogP contribution in [0, 0.1) is 0 Å². The molecule has 0 aromatic heterocycles. The van der Waals surface area contributed by atoms with E-state index in [4.69, 9.17) is 28.4 Å². The second-order valence-corrected chi connectivity index (χ2v) is 5.86. The Bertz CT molecular complexity index is 973. The van der Waals surface area contributed by atoms with Gasteiger partial charge in [-0.15, -0.1) is 0 Å². The third-order valence-electron chi connectivity index (χ3n) is 4.25. The summed E-state index contributed by atoms with van der Waals surface area (Å²) in [6.07, 6.45) is 1.56. The van der Waals surface area contributed by atoms with E-state index < -0.39 is 5.97 Å². The molecule has 1 heterocycles. The van der Waals surface area contributed by atoms with Crippen molar-refractivity contribution < 1.29 is 33.2 Å². The fourth-order valence-electron chi connectivity index (χ4n) is 2.85. The molecule has 8 nitrogen and oxygen atoms in total. The summed E-state index contributed by atoms with van der Waals surface area (Å²) < 4.78 is 31.9. The Kier molecular flexibility index (Phi) is 5.92. The van der Waals surface area contributed by atoms with Gasteiger partial charge in [0, 0.05) is 17.2 Å². The van der Waals surface area contributed by atoms with Crippen LogP contribution in [0.15, 0.2) is 41.0 Å². The maximum atomic E-state index is 12.4. The number of nitrogens with zero attached hydrogens (tertiary/aromatic N) is 1. The number of methoxy groups -OCH3 is 5. The van der Waals surface area contributed by atoms with Crippen molar-refractivity contribution >= 4 is 17.9 Å². The number of rotatable bonds is 7. The summed E-state index contributed by atoms with van der Waals surface area (Å²) in [7, 11) is 7.62. The molecule has 152 valence electrons. The lowest BCUT2D eigenvalue weighted by Crippen LogP contribution is -2.06. The summed E-state index contributed by atoms with van der Waals surface area (Å²) in [6.45, 7) is 0. The van der Waals surface area contributed by atoms with E-state index in [0.29, 0.717) is 39.9 Å². The number of benzene rings is 2. The zero-order valence-electron chi connectivity index (χ0n) is 16.8. The highest BCUT2D eigenvalue weighted by atomic mass is 16.6. The van der Waals surface area contributed by atoms with E-state index in [2.05, 4.69) is 4.99 Å². The third kappa shape index (κ3) is 3.96. The molecule has 2 aromatic rings. The van der Waals surface area contributed by atoms with Crippen LogP contribution in [0.25, 0.3) is 6.08 Å². The minimum absolute atomic E-state index is 0.118. The van der Waals surface area contributed by atoms with Gasteiger partial charge in [-0.2, -0.15) is 0 Å². The molecule has 0 N–H and O–H groups in total. The van der Waals surface area contributed by atoms with Crippen molar-refractivity contribution in [2.45, 2.75) is 0 Å². The molecule has 0 radical (unpaired) electrons. The van der Waals surface area contributed by atoms with Gasteiger partial charge in [-0.1, -0.05) is 0 Å². The van der Waals surface area contributed by atoms with Gasteiger partial charge < -0.3 is 28.4 Å². The Labute approximate surface area is 168 Å². The van der Waals surface area contributed by atoms with Crippen molar-refractivity contribution in [1.82, 2.24) is 0 Å². The molecule has 0 fully saturated rings. The molecule has 2 aromatic carbocycles. The van der Waals surface area contributed by atoms with Crippen LogP contribution in [-0.4, -0.2) is 47.4 Å². The Morgan fingerprint density at radius 1 is 0.828 bits per heavy atom. The smallest absolute Gasteiger partial charge is 0.363 e. The Morgan fingerprint density at radius 3 is 2.03 bits per heavy atom. The number of carbonyl (C=O) groups excluding carboxylic acids is 1.